The highest BCUT2D eigenvalue weighted by Crippen LogP contribution is 2.41. The van der Waals surface area contributed by atoms with Crippen LogP contribution in [0.3, 0.4) is 0 Å². The van der Waals surface area contributed by atoms with Crippen molar-refractivity contribution in [1.29, 1.82) is 0 Å². The number of benzene rings is 2. The van der Waals surface area contributed by atoms with Gasteiger partial charge in [0.15, 0.2) is 17.3 Å². The molecule has 5 heteroatoms. The van der Waals surface area contributed by atoms with Crippen LogP contribution in [0.2, 0.25) is 0 Å². The molecule has 2 aliphatic heterocycles. The van der Waals surface area contributed by atoms with E-state index in [4.69, 9.17) is 9.47 Å². The normalized spacial score (nSPS) is 16.8. The fraction of sp³-hybridized carbons (Fsp3) is 0.158. The number of carbonyl (C=O) groups is 1. The van der Waals surface area contributed by atoms with E-state index in [9.17, 15) is 4.79 Å². The number of hydrogen-bond acceptors (Lipinski definition) is 4. The summed E-state index contributed by atoms with van der Waals surface area (Å²) in [5.41, 5.74) is 4.03. The van der Waals surface area contributed by atoms with E-state index < -0.39 is 0 Å². The van der Waals surface area contributed by atoms with Crippen LogP contribution in [0.25, 0.3) is 11.3 Å². The minimum Gasteiger partial charge on any atom is -0.454 e. The lowest BCUT2D eigenvalue weighted by atomic mass is 9.96. The lowest BCUT2D eigenvalue weighted by Gasteiger charge is -2.14. The Bertz CT molecular complexity index is 961. The van der Waals surface area contributed by atoms with Crippen LogP contribution in [-0.4, -0.2) is 22.1 Å². The summed E-state index contributed by atoms with van der Waals surface area (Å²) < 4.78 is 12.8. The van der Waals surface area contributed by atoms with Crippen molar-refractivity contribution in [3.8, 4) is 22.8 Å². The molecule has 0 saturated carbocycles. The summed E-state index contributed by atoms with van der Waals surface area (Å²) >= 11 is 0. The van der Waals surface area contributed by atoms with Gasteiger partial charge in [-0.05, 0) is 23.8 Å². The Hall–Kier alpha value is -3.08. The lowest BCUT2D eigenvalue weighted by Crippen LogP contribution is -2.11. The van der Waals surface area contributed by atoms with Crippen LogP contribution >= 0.6 is 0 Å². The Labute approximate surface area is 138 Å². The molecule has 0 spiro atoms. The van der Waals surface area contributed by atoms with E-state index in [2.05, 4.69) is 21.7 Å². The molecule has 0 amide bonds. The highest BCUT2D eigenvalue weighted by Gasteiger charge is 2.30. The number of nitrogens with zero attached hydrogens (tertiary/aromatic N) is 2. The van der Waals surface area contributed by atoms with Gasteiger partial charge in [0.2, 0.25) is 6.79 Å². The second kappa shape index (κ2) is 4.96. The Morgan fingerprint density at radius 2 is 2.04 bits per heavy atom. The van der Waals surface area contributed by atoms with Crippen molar-refractivity contribution in [3.05, 3.63) is 66.1 Å². The van der Waals surface area contributed by atoms with Crippen molar-refractivity contribution >= 4 is 5.78 Å². The topological polar surface area (TPSA) is 53.4 Å². The van der Waals surface area contributed by atoms with Crippen molar-refractivity contribution in [2.75, 3.05) is 6.79 Å². The van der Waals surface area contributed by atoms with Crippen molar-refractivity contribution in [1.82, 2.24) is 9.55 Å². The second-order valence-corrected chi connectivity index (χ2v) is 5.98. The summed E-state index contributed by atoms with van der Waals surface area (Å²) in [5.74, 6) is 1.40. The zero-order valence-electron chi connectivity index (χ0n) is 12.8. The summed E-state index contributed by atoms with van der Waals surface area (Å²) in [7, 11) is 0. The Morgan fingerprint density at radius 1 is 1.17 bits per heavy atom. The molecule has 1 atom stereocenters. The molecule has 5 rings (SSSR count). The zero-order chi connectivity index (χ0) is 16.1. The second-order valence-electron chi connectivity index (χ2n) is 5.98. The van der Waals surface area contributed by atoms with Crippen molar-refractivity contribution in [2.24, 2.45) is 0 Å². The molecule has 3 heterocycles. The fourth-order valence-electron chi connectivity index (χ4n) is 3.50. The van der Waals surface area contributed by atoms with Crippen molar-refractivity contribution in [2.45, 2.75) is 12.5 Å². The Morgan fingerprint density at radius 3 is 3.00 bits per heavy atom. The van der Waals surface area contributed by atoms with E-state index in [0.29, 0.717) is 23.5 Å². The number of ether oxygens (including phenoxy) is 2. The molecule has 1 unspecified atom stereocenters. The SMILES string of the molecule is O=C(CC1c2ccccc2-c2cncn21)c1ccc2c(c1)OCO2. The average Bonchev–Trinajstić information content (AvgIpc) is 3.31. The molecule has 0 saturated heterocycles. The highest BCUT2D eigenvalue weighted by atomic mass is 16.7. The van der Waals surface area contributed by atoms with Gasteiger partial charge in [0, 0.05) is 17.5 Å². The smallest absolute Gasteiger partial charge is 0.231 e. The molecule has 0 bridgehead atoms. The third kappa shape index (κ3) is 1.88. The van der Waals surface area contributed by atoms with Gasteiger partial charge in [-0.1, -0.05) is 24.3 Å². The van der Waals surface area contributed by atoms with E-state index >= 15 is 0 Å². The molecule has 0 radical (unpaired) electrons. The van der Waals surface area contributed by atoms with Gasteiger partial charge in [-0.2, -0.15) is 0 Å². The molecule has 0 fully saturated rings. The van der Waals surface area contributed by atoms with E-state index in [1.54, 1.807) is 24.5 Å². The summed E-state index contributed by atoms with van der Waals surface area (Å²) in [6.07, 6.45) is 4.04. The van der Waals surface area contributed by atoms with Crippen LogP contribution in [0.1, 0.15) is 28.4 Å². The summed E-state index contributed by atoms with van der Waals surface area (Å²) in [6.45, 7) is 0.210. The van der Waals surface area contributed by atoms with E-state index in [0.717, 1.165) is 11.3 Å². The van der Waals surface area contributed by atoms with Gasteiger partial charge in [-0.25, -0.2) is 4.98 Å². The minimum atomic E-state index is -0.0170. The first-order valence-electron chi connectivity index (χ1n) is 7.85. The largest absolute Gasteiger partial charge is 0.454 e. The molecule has 2 aromatic carbocycles. The van der Waals surface area contributed by atoms with Gasteiger partial charge in [0.25, 0.3) is 0 Å². The molecule has 118 valence electrons. The first kappa shape index (κ1) is 13.4. The van der Waals surface area contributed by atoms with Gasteiger partial charge < -0.3 is 14.0 Å². The van der Waals surface area contributed by atoms with E-state index in [1.807, 2.05) is 18.3 Å². The van der Waals surface area contributed by atoms with Crippen LogP contribution in [0.4, 0.5) is 0 Å². The van der Waals surface area contributed by atoms with Crippen LogP contribution < -0.4 is 9.47 Å². The number of imidazole rings is 1. The summed E-state index contributed by atoms with van der Waals surface area (Å²) in [6, 6.07) is 13.5. The zero-order valence-corrected chi connectivity index (χ0v) is 12.8. The van der Waals surface area contributed by atoms with Crippen LogP contribution in [0.15, 0.2) is 55.0 Å². The number of fused-ring (bicyclic) bond motifs is 4. The van der Waals surface area contributed by atoms with Crippen LogP contribution in [-0.2, 0) is 0 Å². The molecule has 24 heavy (non-hydrogen) atoms. The number of aromatic nitrogens is 2. The van der Waals surface area contributed by atoms with Crippen LogP contribution in [0, 0.1) is 0 Å². The maximum absolute atomic E-state index is 12.8. The number of hydrogen-bond donors (Lipinski definition) is 0. The van der Waals surface area contributed by atoms with Gasteiger partial charge in [-0.15, -0.1) is 0 Å². The predicted octanol–water partition coefficient (Wildman–Crippen LogP) is 3.45. The first-order chi connectivity index (χ1) is 11.8. The molecule has 1 aromatic heterocycles. The molecular formula is C19H14N2O3. The van der Waals surface area contributed by atoms with Gasteiger partial charge in [0.1, 0.15) is 0 Å². The van der Waals surface area contributed by atoms with E-state index in [-0.39, 0.29) is 18.6 Å². The lowest BCUT2D eigenvalue weighted by molar-refractivity contribution is 0.0970. The highest BCUT2D eigenvalue weighted by molar-refractivity contribution is 5.97. The molecule has 0 N–H and O–H groups in total. The van der Waals surface area contributed by atoms with Crippen molar-refractivity contribution < 1.29 is 14.3 Å². The number of carbonyl (C=O) groups excluding carboxylic acids is 1. The summed E-state index contributed by atoms with van der Waals surface area (Å²) in [4.78, 5) is 17.0. The number of Topliss-reactive ketones (excluding diaryl/α,β-unsaturated/α-hetero) is 1. The third-order valence-electron chi connectivity index (χ3n) is 4.67. The molecule has 3 aromatic rings. The van der Waals surface area contributed by atoms with E-state index in [1.165, 1.54) is 5.56 Å². The maximum atomic E-state index is 12.8. The molecular weight excluding hydrogens is 304 g/mol. The quantitative estimate of drug-likeness (QED) is 0.694. The fourth-order valence-corrected chi connectivity index (χ4v) is 3.50. The minimum absolute atomic E-state index is 0.0170. The van der Waals surface area contributed by atoms with Crippen molar-refractivity contribution in [3.63, 3.8) is 0 Å². The number of ketones is 1. The predicted molar refractivity (Wildman–Crippen MR) is 87.3 cm³/mol. The summed E-state index contributed by atoms with van der Waals surface area (Å²) in [5, 5.41) is 0. The standard InChI is InChI=1S/C19H14N2O3/c22-17(12-5-6-18-19(7-12)24-11-23-18)8-15-13-3-1-2-4-14(13)16-9-20-10-21(15)16/h1-7,9-10,15H,8,11H2. The Balaban J connectivity index is 1.49. The Kier molecular flexibility index (Phi) is 2.76. The maximum Gasteiger partial charge on any atom is 0.231 e. The monoisotopic (exact) mass is 318 g/mol. The molecule has 5 nitrogen and oxygen atoms in total. The molecule has 0 aliphatic carbocycles. The average molecular weight is 318 g/mol. The molecule has 2 aliphatic rings. The number of rotatable bonds is 3. The third-order valence-corrected chi connectivity index (χ3v) is 4.67. The van der Waals surface area contributed by atoms with Gasteiger partial charge in [-0.3, -0.25) is 4.79 Å². The van der Waals surface area contributed by atoms with Gasteiger partial charge >= 0.3 is 0 Å². The van der Waals surface area contributed by atoms with Gasteiger partial charge in [0.05, 0.1) is 24.3 Å². The van der Waals surface area contributed by atoms with Crippen LogP contribution in [0.5, 0.6) is 11.5 Å². The first-order valence-corrected chi connectivity index (χ1v) is 7.85.